The van der Waals surface area contributed by atoms with Crippen LogP contribution in [0.15, 0.2) is 35.6 Å². The molecule has 112 valence electrons. The second kappa shape index (κ2) is 5.79. The van der Waals surface area contributed by atoms with Gasteiger partial charge in [-0.15, -0.1) is 0 Å². The molecule has 0 bridgehead atoms. The number of ether oxygens (including phenoxy) is 1. The van der Waals surface area contributed by atoms with Crippen molar-refractivity contribution in [2.45, 2.75) is 11.4 Å². The molecule has 2 aromatic heterocycles. The van der Waals surface area contributed by atoms with E-state index in [9.17, 15) is 13.2 Å². The van der Waals surface area contributed by atoms with Crippen LogP contribution in [0.5, 0.6) is 5.88 Å². The minimum atomic E-state index is -3.85. The lowest BCUT2D eigenvalue weighted by molar-refractivity contribution is -0.137. The average Bonchev–Trinajstić information content (AvgIpc) is 2.88. The van der Waals surface area contributed by atoms with Gasteiger partial charge in [0, 0.05) is 12.3 Å². The Morgan fingerprint density at radius 3 is 2.76 bits per heavy atom. The summed E-state index contributed by atoms with van der Waals surface area (Å²) < 4.78 is 32.4. The van der Waals surface area contributed by atoms with Gasteiger partial charge in [0.05, 0.1) is 25.2 Å². The third-order valence-electron chi connectivity index (χ3n) is 2.41. The number of pyridine rings is 1. The first-order valence-corrected chi connectivity index (χ1v) is 7.16. The monoisotopic (exact) mass is 312 g/mol. The normalized spacial score (nSPS) is 11.1. The van der Waals surface area contributed by atoms with Crippen molar-refractivity contribution in [3.05, 3.63) is 30.7 Å². The van der Waals surface area contributed by atoms with Crippen molar-refractivity contribution in [3.63, 3.8) is 0 Å². The van der Waals surface area contributed by atoms with Crippen LogP contribution in [0, 0.1) is 0 Å². The molecule has 10 heteroatoms. The highest BCUT2D eigenvalue weighted by Crippen LogP contribution is 2.16. The summed E-state index contributed by atoms with van der Waals surface area (Å²) in [6.07, 6.45) is 3.51. The number of hydrogen-bond acceptors (Lipinski definition) is 6. The maximum atomic E-state index is 12.1. The summed E-state index contributed by atoms with van der Waals surface area (Å²) in [5.74, 6) is -0.762. The molecule has 0 radical (unpaired) electrons. The van der Waals surface area contributed by atoms with Crippen LogP contribution in [0.1, 0.15) is 0 Å². The fourth-order valence-electron chi connectivity index (χ4n) is 1.48. The number of carboxylic acids is 1. The van der Waals surface area contributed by atoms with Crippen molar-refractivity contribution in [2.24, 2.45) is 0 Å². The van der Waals surface area contributed by atoms with Crippen LogP contribution in [0.2, 0.25) is 0 Å². The van der Waals surface area contributed by atoms with Gasteiger partial charge < -0.3 is 9.84 Å². The van der Waals surface area contributed by atoms with Crippen molar-refractivity contribution in [2.75, 3.05) is 11.8 Å². The molecular formula is C11H12N4O5S. The molecule has 0 fully saturated rings. The van der Waals surface area contributed by atoms with E-state index in [1.54, 1.807) is 0 Å². The zero-order chi connectivity index (χ0) is 15.5. The number of carboxylic acid groups (broad SMARTS) is 1. The smallest absolute Gasteiger partial charge is 0.325 e. The van der Waals surface area contributed by atoms with E-state index in [2.05, 4.69) is 14.8 Å². The zero-order valence-corrected chi connectivity index (χ0v) is 11.7. The molecule has 2 N–H and O–H groups in total. The number of rotatable bonds is 6. The molecule has 0 atom stereocenters. The molecule has 0 aliphatic heterocycles. The summed E-state index contributed by atoms with van der Waals surface area (Å²) in [6.45, 7) is -0.417. The molecule has 0 spiro atoms. The van der Waals surface area contributed by atoms with Crippen LogP contribution in [0.4, 0.5) is 5.69 Å². The number of methoxy groups -OCH3 is 1. The van der Waals surface area contributed by atoms with Crippen LogP contribution in [0.25, 0.3) is 0 Å². The Morgan fingerprint density at radius 1 is 1.43 bits per heavy atom. The first-order valence-electron chi connectivity index (χ1n) is 5.68. The third kappa shape index (κ3) is 3.69. The minimum Gasteiger partial charge on any atom is -0.481 e. The standard InChI is InChI=1S/C11H12N4O5S/c1-20-10-3-2-8(4-12-10)14-21(18,19)9-5-13-15(6-9)7-11(16)17/h2-6,14H,7H2,1H3,(H,16,17). The Kier molecular flexibility index (Phi) is 4.08. The number of carbonyl (C=O) groups is 1. The van der Waals surface area contributed by atoms with Crippen LogP contribution in [0.3, 0.4) is 0 Å². The third-order valence-corrected chi connectivity index (χ3v) is 3.75. The molecule has 0 aliphatic carbocycles. The first-order chi connectivity index (χ1) is 9.90. The Bertz CT molecular complexity index is 738. The Labute approximate surface area is 120 Å². The second-order valence-electron chi connectivity index (χ2n) is 3.96. The molecule has 0 aliphatic rings. The molecule has 0 unspecified atom stereocenters. The van der Waals surface area contributed by atoms with Gasteiger partial charge in [-0.25, -0.2) is 13.4 Å². The Morgan fingerprint density at radius 2 is 2.19 bits per heavy atom. The summed E-state index contributed by atoms with van der Waals surface area (Å²) >= 11 is 0. The zero-order valence-electron chi connectivity index (χ0n) is 10.9. The maximum absolute atomic E-state index is 12.1. The van der Waals surface area contributed by atoms with Crippen molar-refractivity contribution in [3.8, 4) is 5.88 Å². The van der Waals surface area contributed by atoms with Crippen LogP contribution in [-0.2, 0) is 21.4 Å². The Balaban J connectivity index is 2.17. The van der Waals surface area contributed by atoms with E-state index in [-0.39, 0.29) is 10.6 Å². The van der Waals surface area contributed by atoms with E-state index in [1.165, 1.54) is 25.4 Å². The van der Waals surface area contributed by atoms with Crippen molar-refractivity contribution < 1.29 is 23.1 Å². The van der Waals surface area contributed by atoms with Gasteiger partial charge in [0.1, 0.15) is 11.4 Å². The van der Waals surface area contributed by atoms with Crippen LogP contribution in [-0.4, -0.2) is 41.4 Å². The van der Waals surface area contributed by atoms with Gasteiger partial charge in [-0.3, -0.25) is 14.2 Å². The summed E-state index contributed by atoms with van der Waals surface area (Å²) in [4.78, 5) is 14.3. The molecule has 0 amide bonds. The number of nitrogens with one attached hydrogen (secondary N) is 1. The van der Waals surface area contributed by atoms with Crippen LogP contribution >= 0.6 is 0 Å². The quantitative estimate of drug-likeness (QED) is 0.779. The highest BCUT2D eigenvalue weighted by Gasteiger charge is 2.17. The fraction of sp³-hybridized carbons (Fsp3) is 0.182. The number of nitrogens with zero attached hydrogens (tertiary/aromatic N) is 3. The predicted molar refractivity (Wildman–Crippen MR) is 71.5 cm³/mol. The predicted octanol–water partition coefficient (Wildman–Crippen LogP) is 0.172. The van der Waals surface area contributed by atoms with Crippen molar-refractivity contribution in [1.82, 2.24) is 14.8 Å². The summed E-state index contributed by atoms with van der Waals surface area (Å²) in [7, 11) is -2.41. The largest absolute Gasteiger partial charge is 0.481 e. The lowest BCUT2D eigenvalue weighted by Crippen LogP contribution is -2.13. The summed E-state index contributed by atoms with van der Waals surface area (Å²) in [5.41, 5.74) is 0.252. The van der Waals surface area contributed by atoms with E-state index in [0.29, 0.717) is 5.88 Å². The summed E-state index contributed by atoms with van der Waals surface area (Å²) in [5, 5.41) is 12.3. The molecule has 0 aromatic carbocycles. The SMILES string of the molecule is COc1ccc(NS(=O)(=O)c2cnn(CC(=O)O)c2)cn1. The van der Waals surface area contributed by atoms with Crippen LogP contribution < -0.4 is 9.46 Å². The van der Waals surface area contributed by atoms with Gasteiger partial charge in [-0.2, -0.15) is 5.10 Å². The lowest BCUT2D eigenvalue weighted by Gasteiger charge is -2.06. The molecule has 2 aromatic rings. The number of hydrogen-bond donors (Lipinski definition) is 2. The fourth-order valence-corrected chi connectivity index (χ4v) is 2.48. The topological polar surface area (TPSA) is 123 Å². The van der Waals surface area contributed by atoms with E-state index >= 15 is 0 Å². The number of sulfonamides is 1. The van der Waals surface area contributed by atoms with E-state index < -0.39 is 22.5 Å². The average molecular weight is 312 g/mol. The van der Waals surface area contributed by atoms with Gasteiger partial charge in [-0.05, 0) is 6.07 Å². The van der Waals surface area contributed by atoms with Gasteiger partial charge in [0.25, 0.3) is 10.0 Å². The first kappa shape index (κ1) is 14.8. The number of aliphatic carboxylic acids is 1. The van der Waals surface area contributed by atoms with E-state index in [4.69, 9.17) is 9.84 Å². The highest BCUT2D eigenvalue weighted by molar-refractivity contribution is 7.92. The summed E-state index contributed by atoms with van der Waals surface area (Å²) in [6, 6.07) is 3.00. The minimum absolute atomic E-state index is 0.139. The Hall–Kier alpha value is -2.62. The van der Waals surface area contributed by atoms with Gasteiger partial charge in [-0.1, -0.05) is 0 Å². The number of anilines is 1. The number of aromatic nitrogens is 3. The molecule has 2 heterocycles. The molecular weight excluding hydrogens is 300 g/mol. The molecule has 9 nitrogen and oxygen atoms in total. The van der Waals surface area contributed by atoms with Gasteiger partial charge in [0.15, 0.2) is 0 Å². The lowest BCUT2D eigenvalue weighted by atomic mass is 10.4. The molecule has 21 heavy (non-hydrogen) atoms. The van der Waals surface area contributed by atoms with Gasteiger partial charge >= 0.3 is 5.97 Å². The van der Waals surface area contributed by atoms with E-state index in [1.807, 2.05) is 0 Å². The van der Waals surface area contributed by atoms with Crippen molar-refractivity contribution >= 4 is 21.7 Å². The molecule has 0 saturated heterocycles. The highest BCUT2D eigenvalue weighted by atomic mass is 32.2. The second-order valence-corrected chi connectivity index (χ2v) is 5.64. The van der Waals surface area contributed by atoms with Crippen molar-refractivity contribution in [1.29, 1.82) is 0 Å². The maximum Gasteiger partial charge on any atom is 0.325 e. The van der Waals surface area contributed by atoms with Gasteiger partial charge in [0.2, 0.25) is 5.88 Å². The van der Waals surface area contributed by atoms with E-state index in [0.717, 1.165) is 17.1 Å². The molecule has 0 saturated carbocycles. The molecule has 2 rings (SSSR count).